The van der Waals surface area contributed by atoms with E-state index in [4.69, 9.17) is 9.97 Å². The number of imidazole rings is 1. The van der Waals surface area contributed by atoms with Crippen molar-refractivity contribution in [2.24, 2.45) is 7.05 Å². The zero-order chi connectivity index (χ0) is 22.9. The van der Waals surface area contributed by atoms with E-state index in [9.17, 15) is 4.39 Å². The highest BCUT2D eigenvalue weighted by atomic mass is 32.1. The number of benzene rings is 2. The Kier molecular flexibility index (Phi) is 5.65. The van der Waals surface area contributed by atoms with Gasteiger partial charge in [-0.3, -0.25) is 0 Å². The molecule has 1 atom stereocenters. The van der Waals surface area contributed by atoms with Gasteiger partial charge in [-0.1, -0.05) is 41.7 Å². The van der Waals surface area contributed by atoms with Crippen molar-refractivity contribution in [3.8, 4) is 0 Å². The van der Waals surface area contributed by atoms with E-state index in [1.807, 2.05) is 36.9 Å². The van der Waals surface area contributed by atoms with E-state index in [0.717, 1.165) is 43.6 Å². The number of nitrogens with zero attached hydrogens (tertiary/aromatic N) is 4. The van der Waals surface area contributed by atoms with Crippen LogP contribution in [0.4, 0.5) is 21.0 Å². The Morgan fingerprint density at radius 1 is 1.09 bits per heavy atom. The largest absolute Gasteiger partial charge is 0.371 e. The molecule has 5 aromatic rings. The number of thiazole rings is 1. The van der Waals surface area contributed by atoms with E-state index < -0.39 is 0 Å². The van der Waals surface area contributed by atoms with Crippen molar-refractivity contribution in [2.75, 3.05) is 17.7 Å². The summed E-state index contributed by atoms with van der Waals surface area (Å²) >= 11 is 1.50. The maximum Gasteiger partial charge on any atom is 0.189 e. The average molecular weight is 462 g/mol. The van der Waals surface area contributed by atoms with Crippen molar-refractivity contribution >= 4 is 49.4 Å². The van der Waals surface area contributed by atoms with Crippen molar-refractivity contribution in [3.05, 3.63) is 71.8 Å². The Morgan fingerprint density at radius 2 is 1.94 bits per heavy atom. The molecule has 5 rings (SSSR count). The van der Waals surface area contributed by atoms with Gasteiger partial charge in [-0.2, -0.15) is 0 Å². The Morgan fingerprint density at radius 3 is 2.76 bits per heavy atom. The van der Waals surface area contributed by atoms with Crippen LogP contribution in [0.2, 0.25) is 0 Å². The van der Waals surface area contributed by atoms with Gasteiger partial charge in [0.25, 0.3) is 0 Å². The fourth-order valence-electron chi connectivity index (χ4n) is 3.84. The number of fused-ring (bicyclic) bond motifs is 3. The molecule has 0 spiro atoms. The number of hydrogen-bond acceptors (Lipinski definition) is 7. The molecule has 0 aliphatic heterocycles. The molecule has 0 fully saturated rings. The van der Waals surface area contributed by atoms with Crippen LogP contribution in [-0.2, 0) is 13.6 Å². The van der Waals surface area contributed by atoms with Crippen LogP contribution in [0.3, 0.4) is 0 Å². The molecule has 1 unspecified atom stereocenters. The third kappa shape index (κ3) is 4.12. The van der Waals surface area contributed by atoms with Crippen LogP contribution in [0.25, 0.3) is 21.4 Å². The molecule has 0 bridgehead atoms. The predicted molar refractivity (Wildman–Crippen MR) is 133 cm³/mol. The summed E-state index contributed by atoms with van der Waals surface area (Å²) in [6.45, 7) is 2.53. The zero-order valence-electron chi connectivity index (χ0n) is 18.6. The van der Waals surface area contributed by atoms with Gasteiger partial charge < -0.3 is 20.5 Å². The second kappa shape index (κ2) is 8.76. The molecule has 3 heterocycles. The van der Waals surface area contributed by atoms with Crippen LogP contribution in [0.1, 0.15) is 24.1 Å². The van der Waals surface area contributed by atoms with Crippen LogP contribution in [-0.4, -0.2) is 26.6 Å². The third-order valence-corrected chi connectivity index (χ3v) is 6.50. The van der Waals surface area contributed by atoms with Crippen LogP contribution in [0.5, 0.6) is 0 Å². The van der Waals surface area contributed by atoms with Gasteiger partial charge >= 0.3 is 0 Å². The van der Waals surface area contributed by atoms with Gasteiger partial charge in [0.05, 0.1) is 6.33 Å². The van der Waals surface area contributed by atoms with Gasteiger partial charge in [-0.05, 0) is 30.7 Å². The molecule has 0 aliphatic carbocycles. The SMILES string of the molecule is CNc1nc2sc(Nc3cccc(C(C)NCc4ccccc4F)c3)nc2c2c1ncn2C. The first kappa shape index (κ1) is 21.3. The Balaban J connectivity index is 1.38. The van der Waals surface area contributed by atoms with Crippen LogP contribution in [0.15, 0.2) is 54.9 Å². The summed E-state index contributed by atoms with van der Waals surface area (Å²) in [6, 6.07) is 15.0. The average Bonchev–Trinajstić information content (AvgIpc) is 3.40. The minimum atomic E-state index is -0.193. The third-order valence-electron chi connectivity index (χ3n) is 5.64. The number of hydrogen-bond donors (Lipinski definition) is 3. The van der Waals surface area contributed by atoms with E-state index in [0.29, 0.717) is 12.1 Å². The summed E-state index contributed by atoms with van der Waals surface area (Å²) in [4.78, 5) is 14.8. The van der Waals surface area contributed by atoms with Gasteiger partial charge in [0, 0.05) is 37.9 Å². The molecule has 3 aromatic heterocycles. The number of halogens is 1. The number of aryl methyl sites for hydroxylation is 1. The molecular formula is C24H24FN7S. The minimum absolute atomic E-state index is 0.0515. The molecule has 3 N–H and O–H groups in total. The Hall–Kier alpha value is -3.56. The van der Waals surface area contributed by atoms with Gasteiger partial charge in [0.15, 0.2) is 10.9 Å². The molecule has 33 heavy (non-hydrogen) atoms. The van der Waals surface area contributed by atoms with Crippen molar-refractivity contribution in [3.63, 3.8) is 0 Å². The standard InChI is InChI=1S/C24H24FN7S/c1-14(27-12-16-7-4-5-10-18(16)25)15-8-6-9-17(11-15)29-24-30-20-21-19(28-13-32(21)3)22(26-2)31-23(20)33-24/h4-11,13-14,27H,12H2,1-3H3,(H,26,31)(H,29,30). The van der Waals surface area contributed by atoms with Gasteiger partial charge in [-0.25, -0.2) is 19.3 Å². The van der Waals surface area contributed by atoms with Crippen LogP contribution < -0.4 is 16.0 Å². The molecule has 0 saturated heterocycles. The molecule has 7 nitrogen and oxygen atoms in total. The summed E-state index contributed by atoms with van der Waals surface area (Å²) in [5.74, 6) is 0.547. The topological polar surface area (TPSA) is 79.7 Å². The summed E-state index contributed by atoms with van der Waals surface area (Å²) < 4.78 is 15.9. The van der Waals surface area contributed by atoms with Gasteiger partial charge in [0.2, 0.25) is 0 Å². The lowest BCUT2D eigenvalue weighted by molar-refractivity contribution is 0.544. The van der Waals surface area contributed by atoms with E-state index in [1.54, 1.807) is 18.5 Å². The first-order valence-corrected chi connectivity index (χ1v) is 11.5. The molecular weight excluding hydrogens is 437 g/mol. The molecule has 0 amide bonds. The number of rotatable bonds is 7. The Bertz CT molecular complexity index is 1440. The smallest absolute Gasteiger partial charge is 0.189 e. The van der Waals surface area contributed by atoms with Crippen molar-refractivity contribution in [1.29, 1.82) is 0 Å². The molecule has 0 saturated carbocycles. The molecule has 168 valence electrons. The minimum Gasteiger partial charge on any atom is -0.371 e. The number of nitrogens with one attached hydrogen (secondary N) is 3. The van der Waals surface area contributed by atoms with E-state index in [-0.39, 0.29) is 11.9 Å². The molecule has 2 aromatic carbocycles. The maximum atomic E-state index is 13.9. The zero-order valence-corrected chi connectivity index (χ0v) is 19.4. The highest BCUT2D eigenvalue weighted by molar-refractivity contribution is 7.22. The second-order valence-corrected chi connectivity index (χ2v) is 8.86. The number of aromatic nitrogens is 4. The summed E-state index contributed by atoms with van der Waals surface area (Å²) in [5, 5.41) is 10.7. The quantitative estimate of drug-likeness (QED) is 0.303. The highest BCUT2D eigenvalue weighted by Crippen LogP contribution is 2.34. The van der Waals surface area contributed by atoms with Crippen LogP contribution in [0, 0.1) is 5.82 Å². The Labute approximate surface area is 194 Å². The van der Waals surface area contributed by atoms with E-state index in [2.05, 4.69) is 40.0 Å². The molecule has 0 aliphatic rings. The number of pyridine rings is 1. The lowest BCUT2D eigenvalue weighted by Gasteiger charge is -2.16. The normalized spacial score (nSPS) is 12.4. The first-order chi connectivity index (χ1) is 16.0. The fraction of sp³-hybridized carbons (Fsp3) is 0.208. The lowest BCUT2D eigenvalue weighted by Crippen LogP contribution is -2.18. The predicted octanol–water partition coefficient (Wildman–Crippen LogP) is 5.35. The van der Waals surface area contributed by atoms with E-state index >= 15 is 0 Å². The maximum absolute atomic E-state index is 13.9. The fourth-order valence-corrected chi connectivity index (χ4v) is 4.70. The summed E-state index contributed by atoms with van der Waals surface area (Å²) in [5.41, 5.74) is 5.27. The lowest BCUT2D eigenvalue weighted by atomic mass is 10.1. The van der Waals surface area contributed by atoms with Gasteiger partial charge in [-0.15, -0.1) is 0 Å². The van der Waals surface area contributed by atoms with Crippen molar-refractivity contribution < 1.29 is 4.39 Å². The van der Waals surface area contributed by atoms with Crippen molar-refractivity contribution in [2.45, 2.75) is 19.5 Å². The highest BCUT2D eigenvalue weighted by Gasteiger charge is 2.16. The van der Waals surface area contributed by atoms with Crippen LogP contribution >= 0.6 is 11.3 Å². The van der Waals surface area contributed by atoms with Crippen molar-refractivity contribution in [1.82, 2.24) is 24.8 Å². The first-order valence-electron chi connectivity index (χ1n) is 10.7. The summed E-state index contributed by atoms with van der Waals surface area (Å²) in [6.07, 6.45) is 1.78. The molecule has 9 heteroatoms. The molecule has 0 radical (unpaired) electrons. The second-order valence-electron chi connectivity index (χ2n) is 7.88. The monoisotopic (exact) mass is 461 g/mol. The number of anilines is 3. The van der Waals surface area contributed by atoms with Gasteiger partial charge in [0.1, 0.15) is 27.2 Å². The van der Waals surface area contributed by atoms with E-state index in [1.165, 1.54) is 17.4 Å². The summed E-state index contributed by atoms with van der Waals surface area (Å²) in [7, 11) is 3.80.